The van der Waals surface area contributed by atoms with Gasteiger partial charge >= 0.3 is 0 Å². The van der Waals surface area contributed by atoms with E-state index in [2.05, 4.69) is 10.3 Å². The fraction of sp³-hybridized carbons (Fsp3) is 0.320. The van der Waals surface area contributed by atoms with Gasteiger partial charge in [-0.25, -0.2) is 9.37 Å². The highest BCUT2D eigenvalue weighted by Crippen LogP contribution is 2.25. The predicted octanol–water partition coefficient (Wildman–Crippen LogP) is 3.29. The van der Waals surface area contributed by atoms with Crippen LogP contribution in [-0.2, 0) is 11.2 Å². The van der Waals surface area contributed by atoms with E-state index in [4.69, 9.17) is 4.74 Å². The number of methoxy groups -OCH3 is 1. The highest BCUT2D eigenvalue weighted by atomic mass is 19.1. The third-order valence-electron chi connectivity index (χ3n) is 5.79. The number of halogens is 1. The first-order chi connectivity index (χ1) is 15.9. The summed E-state index contributed by atoms with van der Waals surface area (Å²) in [4.78, 5) is 31.6. The molecule has 2 aromatic carbocycles. The lowest BCUT2D eigenvalue weighted by Gasteiger charge is -2.33. The van der Waals surface area contributed by atoms with Gasteiger partial charge in [-0.15, -0.1) is 0 Å². The van der Waals surface area contributed by atoms with Crippen LogP contribution in [0.5, 0.6) is 5.75 Å². The molecule has 1 fully saturated rings. The molecule has 2 amide bonds. The standard InChI is InChI=1S/C25H27FN4O3/c1-17-14-30(16-27-17)22-9-8-19(13-23(22)33-2)25(32)28-21-7-4-10-29(15-21)24(31)12-18-5-3-6-20(26)11-18/h3,5-6,8-9,11,13-14,16,21H,4,7,10,12,15H2,1-2H3,(H,28,32). The zero-order chi connectivity index (χ0) is 23.4. The molecule has 1 N–H and O–H groups in total. The van der Waals surface area contributed by atoms with Gasteiger partial charge in [0, 0.05) is 30.9 Å². The number of piperidine rings is 1. The molecule has 0 radical (unpaired) electrons. The van der Waals surface area contributed by atoms with Crippen LogP contribution in [0.3, 0.4) is 0 Å². The summed E-state index contributed by atoms with van der Waals surface area (Å²) in [5.74, 6) is -0.0726. The Balaban J connectivity index is 1.40. The van der Waals surface area contributed by atoms with Gasteiger partial charge in [-0.05, 0) is 55.7 Å². The van der Waals surface area contributed by atoms with Gasteiger partial charge in [0.05, 0.1) is 31.2 Å². The molecule has 4 rings (SSSR count). The normalized spacial score (nSPS) is 15.8. The number of benzene rings is 2. The summed E-state index contributed by atoms with van der Waals surface area (Å²) in [7, 11) is 1.56. The minimum Gasteiger partial charge on any atom is -0.495 e. The summed E-state index contributed by atoms with van der Waals surface area (Å²) in [6.45, 7) is 2.97. The Kier molecular flexibility index (Phi) is 6.72. The molecule has 3 aromatic rings. The van der Waals surface area contributed by atoms with Crippen molar-refractivity contribution in [2.24, 2.45) is 0 Å². The van der Waals surface area contributed by atoms with Crippen molar-refractivity contribution in [1.29, 1.82) is 0 Å². The highest BCUT2D eigenvalue weighted by molar-refractivity contribution is 5.95. The number of ether oxygens (including phenoxy) is 1. The molecule has 33 heavy (non-hydrogen) atoms. The maximum absolute atomic E-state index is 13.4. The zero-order valence-corrected chi connectivity index (χ0v) is 18.8. The summed E-state index contributed by atoms with van der Waals surface area (Å²) in [6.07, 6.45) is 5.31. The molecule has 8 heteroatoms. The first-order valence-electron chi connectivity index (χ1n) is 10.9. The highest BCUT2D eigenvalue weighted by Gasteiger charge is 2.25. The molecule has 0 aliphatic carbocycles. The van der Waals surface area contributed by atoms with Crippen molar-refractivity contribution in [3.05, 3.63) is 77.6 Å². The lowest BCUT2D eigenvalue weighted by molar-refractivity contribution is -0.131. The number of carbonyl (C=O) groups excluding carboxylic acids is 2. The lowest BCUT2D eigenvalue weighted by Crippen LogP contribution is -2.50. The second-order valence-corrected chi connectivity index (χ2v) is 8.27. The number of nitrogens with zero attached hydrogens (tertiary/aromatic N) is 3. The lowest BCUT2D eigenvalue weighted by atomic mass is 10.0. The summed E-state index contributed by atoms with van der Waals surface area (Å²) in [5, 5.41) is 3.04. The van der Waals surface area contributed by atoms with E-state index in [-0.39, 0.29) is 30.1 Å². The molecule has 172 valence electrons. The summed E-state index contributed by atoms with van der Waals surface area (Å²) < 4.78 is 20.8. The Hall–Kier alpha value is -3.68. The zero-order valence-electron chi connectivity index (χ0n) is 18.8. The number of likely N-dealkylation sites (tertiary alicyclic amines) is 1. The largest absolute Gasteiger partial charge is 0.495 e. The summed E-state index contributed by atoms with van der Waals surface area (Å²) in [5.41, 5.74) is 2.80. The Labute approximate surface area is 192 Å². The predicted molar refractivity (Wildman–Crippen MR) is 122 cm³/mol. The van der Waals surface area contributed by atoms with Crippen molar-refractivity contribution >= 4 is 11.8 Å². The average Bonchev–Trinajstić information content (AvgIpc) is 3.24. The Bertz CT molecular complexity index is 1160. The fourth-order valence-electron chi connectivity index (χ4n) is 4.11. The topological polar surface area (TPSA) is 76.5 Å². The first-order valence-corrected chi connectivity index (χ1v) is 10.9. The Morgan fingerprint density at radius 1 is 1.24 bits per heavy atom. The molecule has 1 aromatic heterocycles. The van der Waals surface area contributed by atoms with Crippen molar-refractivity contribution < 1.29 is 18.7 Å². The molecule has 0 saturated carbocycles. The van der Waals surface area contributed by atoms with E-state index in [1.807, 2.05) is 23.8 Å². The van der Waals surface area contributed by atoms with E-state index >= 15 is 0 Å². The molecule has 2 heterocycles. The third kappa shape index (κ3) is 5.39. The number of aromatic nitrogens is 2. The van der Waals surface area contributed by atoms with Crippen LogP contribution in [0.4, 0.5) is 4.39 Å². The molecule has 1 aliphatic heterocycles. The average molecular weight is 451 g/mol. The van der Waals surface area contributed by atoms with Crippen molar-refractivity contribution in [3.8, 4) is 11.4 Å². The van der Waals surface area contributed by atoms with Crippen molar-refractivity contribution in [3.63, 3.8) is 0 Å². The SMILES string of the molecule is COc1cc(C(=O)NC2CCCN(C(=O)Cc3cccc(F)c3)C2)ccc1-n1cnc(C)c1. The number of amides is 2. The third-order valence-corrected chi connectivity index (χ3v) is 5.79. The number of hydrogen-bond donors (Lipinski definition) is 1. The van der Waals surface area contributed by atoms with Crippen LogP contribution in [0.2, 0.25) is 0 Å². The minimum atomic E-state index is -0.353. The van der Waals surface area contributed by atoms with Gasteiger partial charge < -0.3 is 19.5 Å². The number of aryl methyl sites for hydroxylation is 1. The monoisotopic (exact) mass is 450 g/mol. The molecule has 1 unspecified atom stereocenters. The number of carbonyl (C=O) groups is 2. The molecule has 1 aliphatic rings. The van der Waals surface area contributed by atoms with Crippen molar-refractivity contribution in [1.82, 2.24) is 19.8 Å². The van der Waals surface area contributed by atoms with E-state index in [1.54, 1.807) is 42.6 Å². The Morgan fingerprint density at radius 3 is 2.82 bits per heavy atom. The van der Waals surface area contributed by atoms with E-state index in [9.17, 15) is 14.0 Å². The van der Waals surface area contributed by atoms with E-state index in [0.29, 0.717) is 30.0 Å². The molecule has 7 nitrogen and oxygen atoms in total. The van der Waals surface area contributed by atoms with E-state index in [1.165, 1.54) is 12.1 Å². The fourth-order valence-corrected chi connectivity index (χ4v) is 4.11. The number of imidazole rings is 1. The van der Waals surface area contributed by atoms with Crippen LogP contribution in [0.1, 0.15) is 34.5 Å². The Morgan fingerprint density at radius 2 is 2.09 bits per heavy atom. The molecule has 1 atom stereocenters. The second kappa shape index (κ2) is 9.85. The van der Waals surface area contributed by atoms with Gasteiger partial charge in [-0.2, -0.15) is 0 Å². The molecule has 0 bridgehead atoms. The summed E-state index contributed by atoms with van der Waals surface area (Å²) in [6, 6.07) is 11.2. The second-order valence-electron chi connectivity index (χ2n) is 8.27. The maximum Gasteiger partial charge on any atom is 0.251 e. The van der Waals surface area contributed by atoms with Gasteiger partial charge in [0.25, 0.3) is 5.91 Å². The van der Waals surface area contributed by atoms with Crippen LogP contribution in [0.15, 0.2) is 55.0 Å². The van der Waals surface area contributed by atoms with E-state index < -0.39 is 0 Å². The van der Waals surface area contributed by atoms with Crippen molar-refractivity contribution in [2.75, 3.05) is 20.2 Å². The van der Waals surface area contributed by atoms with Gasteiger partial charge in [0.15, 0.2) is 0 Å². The minimum absolute atomic E-state index is 0.0683. The maximum atomic E-state index is 13.4. The first kappa shape index (κ1) is 22.5. The quantitative estimate of drug-likeness (QED) is 0.625. The molecule has 1 saturated heterocycles. The number of rotatable bonds is 6. The molecular formula is C25H27FN4O3. The number of nitrogens with one attached hydrogen (secondary N) is 1. The summed E-state index contributed by atoms with van der Waals surface area (Å²) >= 11 is 0. The van der Waals surface area contributed by atoms with Crippen LogP contribution in [-0.4, -0.2) is 52.5 Å². The number of hydrogen-bond acceptors (Lipinski definition) is 4. The van der Waals surface area contributed by atoms with Gasteiger partial charge in [0.1, 0.15) is 11.6 Å². The van der Waals surface area contributed by atoms with Gasteiger partial charge in [0.2, 0.25) is 5.91 Å². The van der Waals surface area contributed by atoms with Gasteiger partial charge in [-0.3, -0.25) is 9.59 Å². The molecular weight excluding hydrogens is 423 g/mol. The van der Waals surface area contributed by atoms with Crippen molar-refractivity contribution in [2.45, 2.75) is 32.2 Å². The van der Waals surface area contributed by atoms with E-state index in [0.717, 1.165) is 24.2 Å². The van der Waals surface area contributed by atoms with Crippen LogP contribution >= 0.6 is 0 Å². The van der Waals surface area contributed by atoms with Crippen LogP contribution in [0, 0.1) is 12.7 Å². The van der Waals surface area contributed by atoms with Crippen LogP contribution < -0.4 is 10.1 Å². The van der Waals surface area contributed by atoms with Gasteiger partial charge in [-0.1, -0.05) is 12.1 Å². The molecule has 0 spiro atoms. The smallest absolute Gasteiger partial charge is 0.251 e. The van der Waals surface area contributed by atoms with Crippen LogP contribution in [0.25, 0.3) is 5.69 Å².